The molecule has 2 heterocycles. The maximum absolute atomic E-state index is 13.0. The Morgan fingerprint density at radius 2 is 1.64 bits per heavy atom. The zero-order valence-corrected chi connectivity index (χ0v) is 19.4. The molecule has 33 heavy (non-hydrogen) atoms. The van der Waals surface area contributed by atoms with Crippen LogP contribution in [-0.2, 0) is 0 Å². The van der Waals surface area contributed by atoms with Crippen molar-refractivity contribution in [2.75, 3.05) is 26.6 Å². The van der Waals surface area contributed by atoms with Gasteiger partial charge in [-0.3, -0.25) is 4.79 Å². The van der Waals surface area contributed by atoms with Crippen LogP contribution in [0, 0.1) is 6.92 Å². The highest BCUT2D eigenvalue weighted by Crippen LogP contribution is 2.38. The highest BCUT2D eigenvalue weighted by atomic mass is 32.2. The fourth-order valence-electron chi connectivity index (χ4n) is 3.21. The van der Waals surface area contributed by atoms with Crippen molar-refractivity contribution < 1.29 is 19.0 Å². The van der Waals surface area contributed by atoms with Crippen LogP contribution in [0.5, 0.6) is 17.2 Å². The quantitative estimate of drug-likeness (QED) is 0.420. The minimum Gasteiger partial charge on any atom is -0.493 e. The molecule has 0 aliphatic heterocycles. The Labute approximate surface area is 195 Å². The van der Waals surface area contributed by atoms with Gasteiger partial charge in [-0.25, -0.2) is 15.0 Å². The van der Waals surface area contributed by atoms with Crippen LogP contribution in [-0.4, -0.2) is 42.2 Å². The molecular weight excluding hydrogens is 440 g/mol. The molecule has 0 bridgehead atoms. The summed E-state index contributed by atoms with van der Waals surface area (Å²) in [5.74, 6) is 0.858. The van der Waals surface area contributed by atoms with Crippen molar-refractivity contribution in [3.05, 3.63) is 66.0 Å². The normalized spacial score (nSPS) is 10.7. The Bertz CT molecular complexity index is 1290. The molecule has 168 valence electrons. The van der Waals surface area contributed by atoms with Crippen LogP contribution in [0.2, 0.25) is 0 Å². The number of aromatic nitrogens is 3. The number of pyridine rings is 1. The Hall–Kier alpha value is -3.85. The van der Waals surface area contributed by atoms with Crippen molar-refractivity contribution in [3.8, 4) is 17.2 Å². The number of amides is 1. The van der Waals surface area contributed by atoms with Crippen LogP contribution in [0.3, 0.4) is 0 Å². The van der Waals surface area contributed by atoms with Gasteiger partial charge in [0.2, 0.25) is 5.75 Å². The highest BCUT2D eigenvalue weighted by Gasteiger charge is 2.18. The summed E-state index contributed by atoms with van der Waals surface area (Å²) in [5.41, 5.74) is 2.61. The number of nitrogens with zero attached hydrogens (tertiary/aromatic N) is 3. The van der Waals surface area contributed by atoms with Gasteiger partial charge in [0, 0.05) is 10.5 Å². The molecule has 0 aliphatic carbocycles. The van der Waals surface area contributed by atoms with E-state index in [4.69, 9.17) is 14.2 Å². The minimum absolute atomic E-state index is 0.345. The molecular formula is C24H22N4O4S. The summed E-state index contributed by atoms with van der Waals surface area (Å²) in [4.78, 5) is 27.7. The van der Waals surface area contributed by atoms with Crippen molar-refractivity contribution in [2.24, 2.45) is 0 Å². The summed E-state index contributed by atoms with van der Waals surface area (Å²) in [5, 5.41) is 3.63. The summed E-state index contributed by atoms with van der Waals surface area (Å²) in [6, 6.07) is 14.9. The largest absolute Gasteiger partial charge is 0.493 e. The zero-order chi connectivity index (χ0) is 23.4. The third kappa shape index (κ3) is 4.83. The number of anilines is 1. The van der Waals surface area contributed by atoms with E-state index in [1.807, 2.05) is 37.3 Å². The van der Waals surface area contributed by atoms with E-state index in [1.54, 1.807) is 24.4 Å². The first-order valence-corrected chi connectivity index (χ1v) is 10.8. The highest BCUT2D eigenvalue weighted by molar-refractivity contribution is 7.99. The first-order chi connectivity index (χ1) is 16.0. The fraction of sp³-hybridized carbons (Fsp3) is 0.167. The van der Waals surface area contributed by atoms with Gasteiger partial charge in [-0.15, -0.1) is 0 Å². The zero-order valence-electron chi connectivity index (χ0n) is 18.6. The number of carbonyl (C=O) groups excluding carboxylic acids is 1. The number of rotatable bonds is 7. The van der Waals surface area contributed by atoms with Crippen molar-refractivity contribution in [1.29, 1.82) is 0 Å². The molecule has 1 amide bonds. The second-order valence-electron chi connectivity index (χ2n) is 6.96. The molecule has 2 aromatic carbocycles. The Balaban J connectivity index is 1.60. The standard InChI is InChI=1S/C24H22N4O4S/c1-14-17(27-24(29)15-10-19(30-2)22(32-4)20(11-15)31-3)12-18-23(26-14)28-21(13-25-18)33-16-8-6-5-7-9-16/h5-13H,1-4H3,(H,27,29). The van der Waals surface area contributed by atoms with Crippen molar-refractivity contribution in [1.82, 2.24) is 15.0 Å². The number of methoxy groups -OCH3 is 3. The molecule has 9 heteroatoms. The van der Waals surface area contributed by atoms with Gasteiger partial charge in [0.05, 0.1) is 38.9 Å². The van der Waals surface area contributed by atoms with Gasteiger partial charge in [-0.2, -0.15) is 0 Å². The monoisotopic (exact) mass is 462 g/mol. The maximum atomic E-state index is 13.0. The lowest BCUT2D eigenvalue weighted by Crippen LogP contribution is -2.14. The van der Waals surface area contributed by atoms with Crippen LogP contribution in [0.25, 0.3) is 11.2 Å². The van der Waals surface area contributed by atoms with E-state index < -0.39 is 0 Å². The minimum atomic E-state index is -0.345. The van der Waals surface area contributed by atoms with Gasteiger partial charge in [-0.05, 0) is 37.3 Å². The van der Waals surface area contributed by atoms with Gasteiger partial charge in [0.1, 0.15) is 10.5 Å². The molecule has 0 saturated carbocycles. The number of aryl methyl sites for hydroxylation is 1. The van der Waals surface area contributed by atoms with Crippen LogP contribution in [0.1, 0.15) is 16.1 Å². The smallest absolute Gasteiger partial charge is 0.255 e. The average Bonchev–Trinajstić information content (AvgIpc) is 2.84. The molecule has 0 aliphatic rings. The first-order valence-electron chi connectivity index (χ1n) is 10.0. The predicted octanol–water partition coefficient (Wildman–Crippen LogP) is 4.76. The Morgan fingerprint density at radius 1 is 0.939 bits per heavy atom. The van der Waals surface area contributed by atoms with E-state index in [-0.39, 0.29) is 5.91 Å². The molecule has 4 rings (SSSR count). The summed E-state index contributed by atoms with van der Waals surface area (Å²) >= 11 is 1.51. The van der Waals surface area contributed by atoms with Crippen molar-refractivity contribution in [2.45, 2.75) is 16.8 Å². The van der Waals surface area contributed by atoms with E-state index in [9.17, 15) is 4.79 Å². The predicted molar refractivity (Wildman–Crippen MR) is 127 cm³/mol. The molecule has 2 aromatic heterocycles. The summed E-state index contributed by atoms with van der Waals surface area (Å²) in [6.45, 7) is 1.81. The van der Waals surface area contributed by atoms with Gasteiger partial charge in [0.15, 0.2) is 17.1 Å². The van der Waals surface area contributed by atoms with E-state index in [1.165, 1.54) is 33.1 Å². The number of fused-ring (bicyclic) bond motifs is 1. The molecule has 0 radical (unpaired) electrons. The SMILES string of the molecule is COc1cc(C(=O)Nc2cc3ncc(Sc4ccccc4)nc3nc2C)cc(OC)c1OC. The molecule has 0 unspecified atom stereocenters. The third-order valence-corrected chi connectivity index (χ3v) is 5.76. The van der Waals surface area contributed by atoms with Crippen LogP contribution in [0.15, 0.2) is 64.6 Å². The van der Waals surface area contributed by atoms with Crippen molar-refractivity contribution >= 4 is 34.5 Å². The van der Waals surface area contributed by atoms with E-state index in [2.05, 4.69) is 20.3 Å². The van der Waals surface area contributed by atoms with Gasteiger partial charge in [-0.1, -0.05) is 30.0 Å². The van der Waals surface area contributed by atoms with E-state index in [0.717, 1.165) is 9.92 Å². The molecule has 1 N–H and O–H groups in total. The van der Waals surface area contributed by atoms with Crippen LogP contribution in [0.4, 0.5) is 5.69 Å². The fourth-order valence-corrected chi connectivity index (χ4v) is 3.98. The molecule has 8 nitrogen and oxygen atoms in total. The number of benzene rings is 2. The van der Waals surface area contributed by atoms with Gasteiger partial charge in [0.25, 0.3) is 5.91 Å². The topological polar surface area (TPSA) is 95.5 Å². The number of hydrogen-bond donors (Lipinski definition) is 1. The molecule has 0 fully saturated rings. The first kappa shape index (κ1) is 22.3. The van der Waals surface area contributed by atoms with Gasteiger partial charge >= 0.3 is 0 Å². The van der Waals surface area contributed by atoms with E-state index >= 15 is 0 Å². The second-order valence-corrected chi connectivity index (χ2v) is 8.05. The summed E-state index contributed by atoms with van der Waals surface area (Å²) in [6.07, 6.45) is 1.70. The summed E-state index contributed by atoms with van der Waals surface area (Å²) < 4.78 is 16.0. The average molecular weight is 463 g/mol. The van der Waals surface area contributed by atoms with E-state index in [0.29, 0.717) is 45.4 Å². The maximum Gasteiger partial charge on any atom is 0.255 e. The second kappa shape index (κ2) is 9.74. The van der Waals surface area contributed by atoms with Crippen LogP contribution >= 0.6 is 11.8 Å². The summed E-state index contributed by atoms with van der Waals surface area (Å²) in [7, 11) is 4.51. The molecule has 4 aromatic rings. The number of ether oxygens (including phenoxy) is 3. The lowest BCUT2D eigenvalue weighted by molar-refractivity contribution is 0.102. The number of nitrogens with one attached hydrogen (secondary N) is 1. The van der Waals surface area contributed by atoms with Gasteiger partial charge < -0.3 is 19.5 Å². The van der Waals surface area contributed by atoms with Crippen LogP contribution < -0.4 is 19.5 Å². The third-order valence-electron chi connectivity index (χ3n) is 4.84. The lowest BCUT2D eigenvalue weighted by atomic mass is 10.1. The van der Waals surface area contributed by atoms with Crippen molar-refractivity contribution in [3.63, 3.8) is 0 Å². The lowest BCUT2D eigenvalue weighted by Gasteiger charge is -2.14. The Kier molecular flexibility index (Phi) is 6.60. The molecule has 0 atom stereocenters. The number of carbonyl (C=O) groups is 1. The Morgan fingerprint density at radius 3 is 2.27 bits per heavy atom. The number of hydrogen-bond acceptors (Lipinski definition) is 8. The molecule has 0 spiro atoms. The molecule has 0 saturated heterocycles.